The number of benzene rings is 1. The van der Waals surface area contributed by atoms with Gasteiger partial charge < -0.3 is 14.9 Å². The first-order valence-corrected chi connectivity index (χ1v) is 6.50. The summed E-state index contributed by atoms with van der Waals surface area (Å²) in [5.41, 5.74) is 0.497. The van der Waals surface area contributed by atoms with E-state index in [0.717, 1.165) is 0 Å². The number of hydrogen-bond acceptors (Lipinski definition) is 7. The second kappa shape index (κ2) is 6.25. The number of nitrogens with one attached hydrogen (secondary N) is 1. The average molecular weight is 306 g/mol. The van der Waals surface area contributed by atoms with Gasteiger partial charge in [0.2, 0.25) is 0 Å². The molecule has 1 N–H and O–H groups in total. The van der Waals surface area contributed by atoms with Gasteiger partial charge in [-0.1, -0.05) is 0 Å². The monoisotopic (exact) mass is 306 g/mol. The van der Waals surface area contributed by atoms with Crippen LogP contribution in [0.3, 0.4) is 0 Å². The van der Waals surface area contributed by atoms with E-state index in [4.69, 9.17) is 9.57 Å². The molecule has 1 saturated heterocycles. The lowest BCUT2D eigenvalue weighted by atomic mass is 10.2. The minimum absolute atomic E-state index is 0.000524. The third kappa shape index (κ3) is 3.22. The molecule has 1 heterocycles. The highest BCUT2D eigenvalue weighted by Crippen LogP contribution is 2.25. The van der Waals surface area contributed by atoms with Crippen molar-refractivity contribution in [1.29, 1.82) is 0 Å². The molecule has 1 fully saturated rings. The normalized spacial score (nSPS) is 14.0. The van der Waals surface area contributed by atoms with E-state index < -0.39 is 23.8 Å². The van der Waals surface area contributed by atoms with Gasteiger partial charge in [-0.3, -0.25) is 14.4 Å². The first-order chi connectivity index (χ1) is 10.4. The van der Waals surface area contributed by atoms with E-state index in [1.807, 2.05) is 0 Å². The summed E-state index contributed by atoms with van der Waals surface area (Å²) >= 11 is 0. The van der Waals surface area contributed by atoms with Crippen LogP contribution in [0, 0.1) is 0 Å². The molecule has 0 atom stereocenters. The Morgan fingerprint density at radius 3 is 2.36 bits per heavy atom. The number of nitrogens with zero attached hydrogens (tertiary/aromatic N) is 1. The average Bonchev–Trinajstić information content (AvgIpc) is 2.79. The van der Waals surface area contributed by atoms with E-state index in [1.165, 1.54) is 19.1 Å². The summed E-state index contributed by atoms with van der Waals surface area (Å²) in [5.74, 6) is -2.76. The number of anilines is 1. The Hall–Kier alpha value is -2.90. The smallest absolute Gasteiger partial charge is 0.367 e. The molecule has 0 spiro atoms. The Morgan fingerprint density at radius 2 is 1.82 bits per heavy atom. The minimum atomic E-state index is -0.961. The van der Waals surface area contributed by atoms with Crippen LogP contribution >= 0.6 is 0 Å². The molecule has 0 aromatic heterocycles. The summed E-state index contributed by atoms with van der Waals surface area (Å²) in [5, 5.41) is 3.25. The lowest BCUT2D eigenvalue weighted by Gasteiger charge is -2.15. The Kier molecular flexibility index (Phi) is 4.40. The van der Waals surface area contributed by atoms with Crippen LogP contribution < -0.4 is 10.1 Å². The molecule has 1 aromatic rings. The largest absolute Gasteiger partial charge is 0.426 e. The van der Waals surface area contributed by atoms with Gasteiger partial charge in [0.25, 0.3) is 11.8 Å². The summed E-state index contributed by atoms with van der Waals surface area (Å²) in [6.45, 7) is 1.19. The van der Waals surface area contributed by atoms with Gasteiger partial charge in [-0.2, -0.15) is 0 Å². The first-order valence-electron chi connectivity index (χ1n) is 6.50. The Balaban J connectivity index is 2.28. The molecule has 1 aliphatic heterocycles. The quantitative estimate of drug-likeness (QED) is 0.500. The van der Waals surface area contributed by atoms with Gasteiger partial charge in [0.15, 0.2) is 0 Å². The van der Waals surface area contributed by atoms with Crippen molar-refractivity contribution >= 4 is 29.4 Å². The number of ether oxygens (including phenoxy) is 1. The molecule has 1 aromatic carbocycles. The Bertz CT molecular complexity index is 639. The molecule has 1 aliphatic rings. The summed E-state index contributed by atoms with van der Waals surface area (Å²) in [6.07, 6.45) is -0.00105. The van der Waals surface area contributed by atoms with Gasteiger partial charge >= 0.3 is 11.9 Å². The number of imide groups is 1. The highest BCUT2D eigenvalue weighted by molar-refractivity contribution is 6.03. The second-order valence-corrected chi connectivity index (χ2v) is 4.52. The van der Waals surface area contributed by atoms with Gasteiger partial charge in [0.1, 0.15) is 11.3 Å². The van der Waals surface area contributed by atoms with E-state index in [0.29, 0.717) is 10.8 Å². The van der Waals surface area contributed by atoms with Crippen LogP contribution in [0.25, 0.3) is 0 Å². The molecular weight excluding hydrogens is 292 g/mol. The maximum absolute atomic E-state index is 12.2. The van der Waals surface area contributed by atoms with Crippen molar-refractivity contribution in [2.45, 2.75) is 19.8 Å². The van der Waals surface area contributed by atoms with Crippen LogP contribution in [-0.2, 0) is 19.2 Å². The van der Waals surface area contributed by atoms with Crippen LogP contribution in [0.5, 0.6) is 5.75 Å². The zero-order valence-corrected chi connectivity index (χ0v) is 12.0. The number of carbonyl (C=O) groups is 4. The van der Waals surface area contributed by atoms with Crippen molar-refractivity contribution in [3.8, 4) is 5.75 Å². The van der Waals surface area contributed by atoms with Crippen LogP contribution in [0.4, 0.5) is 5.69 Å². The molecular formula is C14H14N2O6. The maximum Gasteiger partial charge on any atom is 0.367 e. The summed E-state index contributed by atoms with van der Waals surface area (Å²) < 4.78 is 4.93. The molecule has 2 amide bonds. The van der Waals surface area contributed by atoms with E-state index in [2.05, 4.69) is 5.32 Å². The van der Waals surface area contributed by atoms with Gasteiger partial charge in [-0.05, 0) is 18.2 Å². The lowest BCUT2D eigenvalue weighted by molar-refractivity contribution is -0.172. The van der Waals surface area contributed by atoms with E-state index in [-0.39, 0.29) is 24.2 Å². The van der Waals surface area contributed by atoms with Crippen molar-refractivity contribution in [1.82, 2.24) is 5.06 Å². The molecule has 2 rings (SSSR count). The molecule has 22 heavy (non-hydrogen) atoms. The first kappa shape index (κ1) is 15.5. The maximum atomic E-state index is 12.2. The van der Waals surface area contributed by atoms with E-state index in [1.54, 1.807) is 13.1 Å². The number of carbonyl (C=O) groups excluding carboxylic acids is 4. The fourth-order valence-electron chi connectivity index (χ4n) is 1.88. The molecule has 0 unspecified atom stereocenters. The number of hydrogen-bond donors (Lipinski definition) is 1. The van der Waals surface area contributed by atoms with Crippen LogP contribution in [0.1, 0.15) is 30.1 Å². The zero-order valence-electron chi connectivity index (χ0n) is 12.0. The number of rotatable bonds is 4. The number of amides is 2. The molecule has 8 heteroatoms. The van der Waals surface area contributed by atoms with Crippen LogP contribution in [0.2, 0.25) is 0 Å². The Labute approximate surface area is 125 Å². The number of esters is 1. The van der Waals surface area contributed by atoms with Crippen molar-refractivity contribution in [3.05, 3.63) is 23.8 Å². The molecule has 0 saturated carbocycles. The SMILES string of the molecule is CNc1ccc(OC(C)=O)c(C(=O)ON2C(=O)CCC2=O)c1. The third-order valence-electron chi connectivity index (χ3n) is 2.92. The van der Waals surface area contributed by atoms with Crippen LogP contribution in [0.15, 0.2) is 18.2 Å². The van der Waals surface area contributed by atoms with Gasteiger partial charge in [0, 0.05) is 32.5 Å². The summed E-state index contributed by atoms with van der Waals surface area (Å²) in [6, 6.07) is 4.41. The predicted molar refractivity (Wildman–Crippen MR) is 73.8 cm³/mol. The van der Waals surface area contributed by atoms with Crippen molar-refractivity contribution in [2.75, 3.05) is 12.4 Å². The van der Waals surface area contributed by atoms with Gasteiger partial charge in [0.05, 0.1) is 0 Å². The van der Waals surface area contributed by atoms with Gasteiger partial charge in [-0.25, -0.2) is 4.79 Å². The third-order valence-corrected chi connectivity index (χ3v) is 2.92. The predicted octanol–water partition coefficient (Wildman–Crippen LogP) is 0.874. The van der Waals surface area contributed by atoms with Gasteiger partial charge in [-0.15, -0.1) is 5.06 Å². The topological polar surface area (TPSA) is 102 Å². The molecule has 0 bridgehead atoms. The fraction of sp³-hybridized carbons (Fsp3) is 0.286. The number of hydroxylamine groups is 2. The van der Waals surface area contributed by atoms with Crippen molar-refractivity contribution in [3.63, 3.8) is 0 Å². The second-order valence-electron chi connectivity index (χ2n) is 4.52. The van der Waals surface area contributed by atoms with E-state index >= 15 is 0 Å². The highest BCUT2D eigenvalue weighted by atomic mass is 16.7. The summed E-state index contributed by atoms with van der Waals surface area (Å²) in [7, 11) is 1.64. The molecule has 8 nitrogen and oxygen atoms in total. The van der Waals surface area contributed by atoms with E-state index in [9.17, 15) is 19.2 Å². The molecule has 0 radical (unpaired) electrons. The fourth-order valence-corrected chi connectivity index (χ4v) is 1.88. The van der Waals surface area contributed by atoms with Crippen LogP contribution in [-0.4, -0.2) is 35.9 Å². The van der Waals surface area contributed by atoms with Crippen molar-refractivity contribution < 1.29 is 28.8 Å². The van der Waals surface area contributed by atoms with Crippen molar-refractivity contribution in [2.24, 2.45) is 0 Å². The molecule has 0 aliphatic carbocycles. The molecule has 116 valence electrons. The lowest BCUT2D eigenvalue weighted by Crippen LogP contribution is -2.32. The Morgan fingerprint density at radius 1 is 1.18 bits per heavy atom. The standard InChI is InChI=1S/C14H14N2O6/c1-8(17)21-11-4-3-9(15-2)7-10(11)14(20)22-16-12(18)5-6-13(16)19/h3-4,7,15H,5-6H2,1-2H3. The zero-order chi connectivity index (χ0) is 16.3. The minimum Gasteiger partial charge on any atom is -0.426 e. The highest BCUT2D eigenvalue weighted by Gasteiger charge is 2.34. The summed E-state index contributed by atoms with van der Waals surface area (Å²) in [4.78, 5) is 51.0.